The van der Waals surface area contributed by atoms with Crippen molar-refractivity contribution in [3.8, 4) is 46.7 Å². The number of carbonyl (C=O) groups excluding carboxylic acids is 4. The number of nitrogens with one attached hydrogen (secondary N) is 1. The Morgan fingerprint density at radius 2 is 1.01 bits per heavy atom. The highest BCUT2D eigenvalue weighted by atomic mass is 127. The number of hydrogen-bond acceptors (Lipinski definition) is 14. The van der Waals surface area contributed by atoms with Gasteiger partial charge in [-0.05, 0) is 172 Å². The lowest BCUT2D eigenvalue weighted by Gasteiger charge is -2.03. The van der Waals surface area contributed by atoms with Crippen LogP contribution in [0.4, 0.5) is 17.6 Å². The van der Waals surface area contributed by atoms with Gasteiger partial charge in [-0.3, -0.25) is 21.9 Å². The van der Waals surface area contributed by atoms with Gasteiger partial charge in [0, 0.05) is 63.2 Å². The van der Waals surface area contributed by atoms with Gasteiger partial charge in [0.15, 0.2) is 12.4 Å². The molecule has 0 unspecified atom stereocenters. The number of terminal acetylenes is 1. The number of aliphatic hydroxyl groups excluding tert-OH is 1. The predicted octanol–water partition coefficient (Wildman–Crippen LogP) is 4.10. The average Bonchev–Trinajstić information content (AvgIpc) is 4.28. The number of ether oxygens (including phenoxy) is 3. The zero-order chi connectivity index (χ0) is 60.8. The fraction of sp³-hybridized carbons (Fsp3) is 0.136. The van der Waals surface area contributed by atoms with Crippen LogP contribution in [-0.4, -0.2) is 80.1 Å². The summed E-state index contributed by atoms with van der Waals surface area (Å²) in [5, 5.41) is 16.3. The minimum Gasteiger partial charge on any atom is -1.00 e. The van der Waals surface area contributed by atoms with E-state index in [0.29, 0.717) is 63.5 Å². The average molecular weight is 1390 g/mol. The first-order valence-corrected chi connectivity index (χ1v) is 25.4. The Balaban J connectivity index is 0.00000101. The Labute approximate surface area is 513 Å². The molecule has 0 aliphatic heterocycles. The van der Waals surface area contributed by atoms with Crippen LogP contribution < -0.4 is 57.4 Å². The first-order valence-electron chi connectivity index (χ1n) is 24.3. The lowest BCUT2D eigenvalue weighted by Crippen LogP contribution is -3.00. The van der Waals surface area contributed by atoms with Gasteiger partial charge in [0.25, 0.3) is 5.91 Å². The molecule has 4 aromatic carbocycles. The smallest absolute Gasteiger partial charge is 0.384 e. The van der Waals surface area contributed by atoms with E-state index in [-0.39, 0.29) is 65.9 Å². The van der Waals surface area contributed by atoms with Gasteiger partial charge < -0.3 is 48.8 Å². The molecule has 0 spiro atoms. The largest absolute Gasteiger partial charge is 1.00 e. The molecule has 9 aromatic rings. The molecule has 0 saturated heterocycles. The number of fused-ring (bicyclic) bond motifs is 2. The van der Waals surface area contributed by atoms with Gasteiger partial charge in [-0.1, -0.05) is 28.8 Å². The monoisotopic (exact) mass is 1380 g/mol. The van der Waals surface area contributed by atoms with Crippen molar-refractivity contribution in [3.05, 3.63) is 220 Å². The van der Waals surface area contributed by atoms with Crippen molar-refractivity contribution in [3.63, 3.8) is 0 Å². The molecular weight excluding hydrogens is 1320 g/mol. The normalized spacial score (nSPS) is 9.14. The molecule has 0 aliphatic rings. The molecule has 444 valence electrons. The molecule has 0 aliphatic carbocycles. The third-order valence-electron chi connectivity index (χ3n) is 9.52. The first-order chi connectivity index (χ1) is 39.5. The highest BCUT2D eigenvalue weighted by molar-refractivity contribution is 14.1. The highest BCUT2D eigenvalue weighted by Crippen LogP contribution is 2.28. The third-order valence-corrected chi connectivity index (χ3v) is 10.2. The van der Waals surface area contributed by atoms with E-state index in [1.165, 1.54) is 65.3 Å². The summed E-state index contributed by atoms with van der Waals surface area (Å²) in [4.78, 5) is 45.0. The molecule has 12 N–H and O–H groups in total. The van der Waals surface area contributed by atoms with E-state index in [0.717, 1.165) is 3.57 Å². The van der Waals surface area contributed by atoms with E-state index in [2.05, 4.69) is 77.6 Å². The van der Waals surface area contributed by atoms with Crippen LogP contribution in [0.15, 0.2) is 176 Å². The van der Waals surface area contributed by atoms with Crippen LogP contribution in [0.3, 0.4) is 0 Å². The van der Waals surface area contributed by atoms with Crippen LogP contribution in [0.25, 0.3) is 33.5 Å². The summed E-state index contributed by atoms with van der Waals surface area (Å²) in [6.07, 6.45) is 11.7. The Kier molecular flexibility index (Phi) is 38.4. The molecule has 84 heavy (non-hydrogen) atoms. The molecule has 25 heteroatoms. The Morgan fingerprint density at radius 1 is 0.619 bits per heavy atom. The number of amides is 1. The number of nitrogens with zero attached hydrogens (tertiary/aromatic N) is 5. The van der Waals surface area contributed by atoms with E-state index in [9.17, 15) is 36.7 Å². The molecule has 19 nitrogen and oxygen atoms in total. The number of nitrogen functional groups attached to an aromatic ring is 2. The van der Waals surface area contributed by atoms with Crippen LogP contribution in [0.1, 0.15) is 54.0 Å². The molecule has 5 heterocycles. The Bertz CT molecular complexity index is 3450. The summed E-state index contributed by atoms with van der Waals surface area (Å²) in [7, 11) is 0. The maximum atomic E-state index is 13.1. The maximum absolute atomic E-state index is 13.1. The second-order valence-electron chi connectivity index (χ2n) is 15.1. The van der Waals surface area contributed by atoms with Crippen LogP contribution in [0.2, 0.25) is 0 Å². The number of hydrazine groups is 2. The van der Waals surface area contributed by atoms with E-state index in [1.54, 1.807) is 128 Å². The second kappa shape index (κ2) is 43.0. The van der Waals surface area contributed by atoms with Crippen molar-refractivity contribution in [1.82, 2.24) is 24.7 Å². The van der Waals surface area contributed by atoms with Crippen molar-refractivity contribution in [2.75, 3.05) is 32.3 Å². The minimum atomic E-state index is -0.595. The van der Waals surface area contributed by atoms with Gasteiger partial charge in [0.1, 0.15) is 40.2 Å². The molecule has 1 amide bonds. The number of hydrogen-bond donors (Lipinski definition) is 6. The van der Waals surface area contributed by atoms with Gasteiger partial charge in [-0.2, -0.15) is 10.2 Å². The van der Waals surface area contributed by atoms with E-state index < -0.39 is 23.8 Å². The number of nitrogens with two attached hydrogens (primary N) is 4. The minimum absolute atomic E-state index is 0. The molecule has 0 atom stereocenters. The zero-order valence-electron chi connectivity index (χ0n) is 45.8. The fourth-order valence-electron chi connectivity index (χ4n) is 6.16. The molecule has 9 rings (SSSR count). The van der Waals surface area contributed by atoms with Crippen LogP contribution in [0.5, 0.6) is 0 Å². The summed E-state index contributed by atoms with van der Waals surface area (Å²) in [5.74, 6) is 21.9. The molecule has 0 fully saturated rings. The van der Waals surface area contributed by atoms with Crippen molar-refractivity contribution < 1.29 is 90.2 Å². The maximum Gasteiger partial charge on any atom is 0.384 e. The van der Waals surface area contributed by atoms with E-state index >= 15 is 0 Å². The van der Waals surface area contributed by atoms with Crippen molar-refractivity contribution in [2.24, 2.45) is 17.5 Å². The van der Waals surface area contributed by atoms with Crippen LogP contribution >= 0.6 is 22.6 Å². The lowest BCUT2D eigenvalue weighted by molar-refractivity contribution is -0.638. The summed E-state index contributed by atoms with van der Waals surface area (Å²) in [6.45, 7) is 8.03. The topological polar surface area (TPSA) is 302 Å². The summed E-state index contributed by atoms with van der Waals surface area (Å²) in [5.41, 5.74) is 7.01. The van der Waals surface area contributed by atoms with Gasteiger partial charge in [-0.25, -0.2) is 52.7 Å². The van der Waals surface area contributed by atoms with E-state index in [1.807, 2.05) is 30.3 Å². The number of rotatable bonds is 7. The van der Waals surface area contributed by atoms with Crippen molar-refractivity contribution >= 4 is 57.4 Å². The fourth-order valence-corrected chi connectivity index (χ4v) is 6.52. The predicted molar refractivity (Wildman–Crippen MR) is 315 cm³/mol. The number of esters is 3. The van der Waals surface area contributed by atoms with Gasteiger partial charge >= 0.3 is 17.9 Å². The Hall–Kier alpha value is -8.81. The van der Waals surface area contributed by atoms with Gasteiger partial charge in [0.05, 0.1) is 36.4 Å². The molecular formula is C59H62F4I2N10O9. The SMILES string of the molecule is C#CC(=O)OCC.CCO.CCOC(=O)C#Cc1ccc(F)cc1.CCOC(=O)c1c(-c2ccc(F)cc2)nn2ccccc12.Fc1ccc(I)cc1.NN.NNC(=O)c1c(-c2ccc(F)cc2)nn2ccccc12.N[n+]1ccccc1.O.[I-]. The standard InChI is InChI=1S/C16H13FN2O2.C14H11FN4O.C11H9FO2.C6H4FI.C5H7N2.C5H6O2.C2H6O.HI.H4N2.H2O/c1-2-21-16(20)14-13-5-3-4-10-19(13)18-15(14)11-6-8-12(17)9-7-11;15-10-6-4-9(5-7-10)13-12(14(20)17-16)11-3-1-2-8-19(11)18-13;1-2-14-11(13)8-5-9-3-6-10(12)7-4-9;7-5-1-3-6(8)4-2-5;6-7-4-2-1-3-5-7;1-3-5(6)7-4-2;1-2-3;;1-2;/h3-10H,2H2,1H3;1-8H,16H2,(H,17,20);3-4,6-7H,2H2,1H3;1-4H;1-5H,6H2;1H,4H2,2H3;3H,2H2,1H3;1H;1-2H2;1H2/q;;;;+1;;;;;/p-1. The third kappa shape index (κ3) is 26.8. The highest BCUT2D eigenvalue weighted by Gasteiger charge is 2.22. The van der Waals surface area contributed by atoms with E-state index in [4.69, 9.17) is 21.5 Å². The number of aliphatic hydroxyl groups is 1. The quantitative estimate of drug-likeness (QED) is 0.0125. The second-order valence-corrected chi connectivity index (χ2v) is 16.4. The van der Waals surface area contributed by atoms with Crippen molar-refractivity contribution in [2.45, 2.75) is 27.7 Å². The van der Waals surface area contributed by atoms with Crippen LogP contribution in [0, 0.1) is 51.0 Å². The number of pyridine rings is 3. The number of benzene rings is 4. The summed E-state index contributed by atoms with van der Waals surface area (Å²) >= 11 is 2.13. The van der Waals surface area contributed by atoms with Crippen molar-refractivity contribution in [1.29, 1.82) is 0 Å². The summed E-state index contributed by atoms with van der Waals surface area (Å²) < 4.78 is 70.4. The molecule has 0 bridgehead atoms. The summed E-state index contributed by atoms with van der Waals surface area (Å²) in [6, 6.07) is 40.1. The lowest BCUT2D eigenvalue weighted by atomic mass is 10.1. The number of carbonyl (C=O) groups is 4. The Morgan fingerprint density at radius 3 is 1.38 bits per heavy atom. The van der Waals surface area contributed by atoms with Gasteiger partial charge in [0.2, 0.25) is 0 Å². The van der Waals surface area contributed by atoms with Crippen LogP contribution in [-0.2, 0) is 23.8 Å². The number of aromatic nitrogens is 5. The zero-order valence-corrected chi connectivity index (χ0v) is 50.1. The number of halogens is 6. The van der Waals surface area contributed by atoms with Gasteiger partial charge in [-0.15, -0.1) is 6.42 Å². The molecule has 0 saturated carbocycles. The molecule has 0 radical (unpaired) electrons. The first kappa shape index (κ1) is 75.2. The molecule has 5 aromatic heterocycles.